The van der Waals surface area contributed by atoms with E-state index < -0.39 is 6.10 Å². The number of benzene rings is 1. The van der Waals surface area contributed by atoms with Crippen LogP contribution in [0.15, 0.2) is 28.7 Å². The van der Waals surface area contributed by atoms with E-state index in [-0.39, 0.29) is 23.6 Å². The fourth-order valence-corrected chi connectivity index (χ4v) is 6.53. The van der Waals surface area contributed by atoms with Gasteiger partial charge in [-0.25, -0.2) is 0 Å². The summed E-state index contributed by atoms with van der Waals surface area (Å²) >= 11 is 0. The van der Waals surface area contributed by atoms with E-state index >= 15 is 0 Å². The van der Waals surface area contributed by atoms with Crippen molar-refractivity contribution in [2.45, 2.75) is 71.3 Å². The molecule has 6 rings (SSSR count). The van der Waals surface area contributed by atoms with Crippen LogP contribution in [0.3, 0.4) is 0 Å². The number of aryl methyl sites for hydroxylation is 2. The Kier molecular flexibility index (Phi) is 5.19. The van der Waals surface area contributed by atoms with Crippen LogP contribution >= 0.6 is 0 Å². The average Bonchev–Trinajstić information content (AvgIpc) is 3.20. The van der Waals surface area contributed by atoms with Crippen molar-refractivity contribution in [3.05, 3.63) is 35.7 Å². The Bertz CT molecular complexity index is 942. The van der Waals surface area contributed by atoms with Gasteiger partial charge in [0.1, 0.15) is 0 Å². The van der Waals surface area contributed by atoms with Gasteiger partial charge in [0.15, 0.2) is 11.9 Å². The molecule has 0 spiro atoms. The first kappa shape index (κ1) is 20.4. The summed E-state index contributed by atoms with van der Waals surface area (Å²) in [6.45, 7) is 3.75. The smallest absolute Gasteiger partial charge is 0.307 e. The molecule has 164 valence electrons. The predicted molar refractivity (Wildman–Crippen MR) is 114 cm³/mol. The molecular weight excluding hydrogens is 392 g/mol. The van der Waals surface area contributed by atoms with Gasteiger partial charge in [-0.1, -0.05) is 17.7 Å². The zero-order valence-electron chi connectivity index (χ0n) is 18.3. The summed E-state index contributed by atoms with van der Waals surface area (Å²) in [7, 11) is 0. The predicted octanol–water partition coefficient (Wildman–Crippen LogP) is 4.69. The minimum Gasteiger partial charge on any atom is -0.455 e. The van der Waals surface area contributed by atoms with Gasteiger partial charge in [0.25, 0.3) is 0 Å². The third-order valence-electron chi connectivity index (χ3n) is 7.55. The summed E-state index contributed by atoms with van der Waals surface area (Å²) in [5, 5.41) is 8.10. The molecule has 4 saturated carbocycles. The maximum absolute atomic E-state index is 13.3. The molecule has 1 aromatic carbocycles. The van der Waals surface area contributed by atoms with Gasteiger partial charge in [-0.3, -0.25) is 9.59 Å². The highest BCUT2D eigenvalue weighted by Crippen LogP contribution is 2.60. The number of rotatable bonds is 7. The van der Waals surface area contributed by atoms with Crippen LogP contribution < -0.4 is 0 Å². The number of nitrogens with zero attached hydrogens (tertiary/aromatic N) is 2. The van der Waals surface area contributed by atoms with Gasteiger partial charge >= 0.3 is 5.97 Å². The zero-order chi connectivity index (χ0) is 21.6. The Hall–Kier alpha value is -2.50. The SMILES string of the molecule is Cc1ccc(-c2nnc(CCC(=O)OC(C)C(=O)C34CC5CC(CC(C5)C3)C4)o2)cc1. The van der Waals surface area contributed by atoms with E-state index in [1.807, 2.05) is 31.2 Å². The molecule has 1 heterocycles. The van der Waals surface area contributed by atoms with Crippen LogP contribution in [-0.2, 0) is 20.7 Å². The van der Waals surface area contributed by atoms with Crippen molar-refractivity contribution in [1.29, 1.82) is 0 Å². The first-order chi connectivity index (χ1) is 14.9. The zero-order valence-corrected chi connectivity index (χ0v) is 18.3. The van der Waals surface area contributed by atoms with Crippen molar-refractivity contribution in [2.24, 2.45) is 23.2 Å². The van der Waals surface area contributed by atoms with Crippen LogP contribution in [-0.4, -0.2) is 28.1 Å². The maximum atomic E-state index is 13.3. The minimum absolute atomic E-state index is 0.119. The Morgan fingerprint density at radius 1 is 1.06 bits per heavy atom. The molecule has 0 radical (unpaired) electrons. The molecule has 4 aliphatic rings. The molecule has 0 aliphatic heterocycles. The van der Waals surface area contributed by atoms with Crippen LogP contribution in [0.1, 0.15) is 63.3 Å². The second-order valence-electron chi connectivity index (χ2n) is 10.1. The summed E-state index contributed by atoms with van der Waals surface area (Å²) in [6.07, 6.45) is 6.57. The van der Waals surface area contributed by atoms with Gasteiger partial charge in [0, 0.05) is 17.4 Å². The molecule has 4 fully saturated rings. The summed E-state index contributed by atoms with van der Waals surface area (Å²) in [5.41, 5.74) is 1.76. The van der Waals surface area contributed by atoms with Gasteiger partial charge in [-0.15, -0.1) is 10.2 Å². The van der Waals surface area contributed by atoms with Crippen molar-refractivity contribution in [3.63, 3.8) is 0 Å². The summed E-state index contributed by atoms with van der Waals surface area (Å²) in [5.74, 6) is 2.66. The highest BCUT2D eigenvalue weighted by atomic mass is 16.5. The van der Waals surface area contributed by atoms with Gasteiger partial charge in [0.05, 0.1) is 6.42 Å². The number of ether oxygens (including phenoxy) is 1. The van der Waals surface area contributed by atoms with E-state index in [1.54, 1.807) is 6.92 Å². The summed E-state index contributed by atoms with van der Waals surface area (Å²) in [6, 6.07) is 7.83. The molecule has 31 heavy (non-hydrogen) atoms. The fourth-order valence-electron chi connectivity index (χ4n) is 6.53. The van der Waals surface area contributed by atoms with Gasteiger partial charge in [-0.05, 0) is 82.3 Å². The van der Waals surface area contributed by atoms with Crippen molar-refractivity contribution in [3.8, 4) is 11.5 Å². The molecule has 2 aromatic rings. The highest BCUT2D eigenvalue weighted by Gasteiger charge is 2.55. The Morgan fingerprint density at radius 2 is 1.68 bits per heavy atom. The lowest BCUT2D eigenvalue weighted by Gasteiger charge is -2.56. The van der Waals surface area contributed by atoms with Crippen molar-refractivity contribution in [2.75, 3.05) is 0 Å². The lowest BCUT2D eigenvalue weighted by Crippen LogP contribution is -2.52. The highest BCUT2D eigenvalue weighted by molar-refractivity contribution is 5.90. The number of Topliss-reactive ketones (excluding diaryl/α,β-unsaturated/α-hetero) is 1. The van der Waals surface area contributed by atoms with Crippen molar-refractivity contribution in [1.82, 2.24) is 10.2 Å². The first-order valence-corrected chi connectivity index (χ1v) is 11.5. The second-order valence-corrected chi connectivity index (χ2v) is 10.1. The normalized spacial score (nSPS) is 29.7. The van der Waals surface area contributed by atoms with E-state index in [1.165, 1.54) is 19.3 Å². The van der Waals surface area contributed by atoms with Crippen LogP contribution in [0.25, 0.3) is 11.5 Å². The number of hydrogen-bond donors (Lipinski definition) is 0. The van der Waals surface area contributed by atoms with Gasteiger partial charge in [0.2, 0.25) is 11.8 Å². The lowest BCUT2D eigenvalue weighted by molar-refractivity contribution is -0.165. The third kappa shape index (κ3) is 4.04. The summed E-state index contributed by atoms with van der Waals surface area (Å²) < 4.78 is 11.2. The average molecular weight is 423 g/mol. The standard InChI is InChI=1S/C25H30N2O4/c1-15-3-5-20(6-4-15)24-27-26-21(31-24)7-8-22(28)30-16(2)23(29)25-12-17-9-18(13-25)11-19(10-17)14-25/h3-6,16-19H,7-14H2,1-2H3. The number of hydrogen-bond acceptors (Lipinski definition) is 6. The van der Waals surface area contributed by atoms with Gasteiger partial charge < -0.3 is 9.15 Å². The number of carbonyl (C=O) groups is 2. The molecule has 4 aliphatic carbocycles. The topological polar surface area (TPSA) is 82.3 Å². The molecule has 1 unspecified atom stereocenters. The number of aromatic nitrogens is 2. The lowest BCUT2D eigenvalue weighted by atomic mass is 9.48. The van der Waals surface area contributed by atoms with E-state index in [9.17, 15) is 9.59 Å². The van der Waals surface area contributed by atoms with Crippen LogP contribution in [0, 0.1) is 30.1 Å². The third-order valence-corrected chi connectivity index (χ3v) is 7.55. The quantitative estimate of drug-likeness (QED) is 0.602. The summed E-state index contributed by atoms with van der Waals surface area (Å²) in [4.78, 5) is 25.7. The molecule has 6 heteroatoms. The molecular formula is C25H30N2O4. The molecule has 0 saturated heterocycles. The van der Waals surface area contributed by atoms with E-state index in [0.29, 0.717) is 36.0 Å². The van der Waals surface area contributed by atoms with Crippen LogP contribution in [0.2, 0.25) is 0 Å². The number of esters is 1. The van der Waals surface area contributed by atoms with Crippen molar-refractivity contribution < 1.29 is 18.7 Å². The minimum atomic E-state index is -0.686. The molecule has 0 N–H and O–H groups in total. The molecule has 6 nitrogen and oxygen atoms in total. The molecule has 4 bridgehead atoms. The Morgan fingerprint density at radius 3 is 2.29 bits per heavy atom. The van der Waals surface area contributed by atoms with Crippen LogP contribution in [0.5, 0.6) is 0 Å². The molecule has 1 atom stereocenters. The van der Waals surface area contributed by atoms with Crippen molar-refractivity contribution >= 4 is 11.8 Å². The Labute approximate surface area is 182 Å². The molecule has 0 amide bonds. The fraction of sp³-hybridized carbons (Fsp3) is 0.600. The van der Waals surface area contributed by atoms with Gasteiger partial charge in [-0.2, -0.15) is 0 Å². The number of carbonyl (C=O) groups excluding carboxylic acids is 2. The largest absolute Gasteiger partial charge is 0.455 e. The maximum Gasteiger partial charge on any atom is 0.307 e. The van der Waals surface area contributed by atoms with E-state index in [0.717, 1.165) is 30.4 Å². The second kappa shape index (κ2) is 7.88. The van der Waals surface area contributed by atoms with E-state index in [2.05, 4.69) is 10.2 Å². The monoisotopic (exact) mass is 422 g/mol. The van der Waals surface area contributed by atoms with Crippen LogP contribution in [0.4, 0.5) is 0 Å². The number of ketones is 1. The molecule has 1 aromatic heterocycles. The first-order valence-electron chi connectivity index (χ1n) is 11.5. The Balaban J connectivity index is 1.15. The van der Waals surface area contributed by atoms with E-state index in [4.69, 9.17) is 9.15 Å².